The number of benzene rings is 2. The van der Waals surface area contributed by atoms with Gasteiger partial charge in [-0.1, -0.05) is 30.3 Å². The number of aliphatic imine (C=N–C) groups is 1. The molecule has 57 heavy (non-hydrogen) atoms. The van der Waals surface area contributed by atoms with E-state index in [1.165, 1.54) is 24.3 Å². The largest absolute Gasteiger partial charge is 0.508 e. The van der Waals surface area contributed by atoms with Crippen LogP contribution in [0.1, 0.15) is 71.9 Å². The van der Waals surface area contributed by atoms with Crippen LogP contribution in [0.25, 0.3) is 10.9 Å². The first-order valence-corrected chi connectivity index (χ1v) is 18.3. The Kier molecular flexibility index (Phi) is 15.8. The minimum atomic E-state index is -1.72. The summed E-state index contributed by atoms with van der Waals surface area (Å²) >= 11 is 0. The summed E-state index contributed by atoms with van der Waals surface area (Å²) in [6, 6.07) is 7.51. The molecular weight excluding hydrogens is 740 g/mol. The fourth-order valence-electron chi connectivity index (χ4n) is 5.59. The number of guanidine groups is 1. The third-order valence-corrected chi connectivity index (χ3v) is 8.08. The molecule has 0 radical (unpaired) electrons. The highest BCUT2D eigenvalue weighted by Gasteiger charge is 2.34. The maximum Gasteiger partial charge on any atom is 0.408 e. The van der Waals surface area contributed by atoms with Crippen molar-refractivity contribution in [1.82, 2.24) is 26.3 Å². The van der Waals surface area contributed by atoms with Gasteiger partial charge in [-0.05, 0) is 83.7 Å². The molecule has 18 heteroatoms. The van der Waals surface area contributed by atoms with Gasteiger partial charge in [0.25, 0.3) is 0 Å². The molecule has 0 saturated carbocycles. The van der Waals surface area contributed by atoms with Crippen LogP contribution in [0.3, 0.4) is 0 Å². The van der Waals surface area contributed by atoms with E-state index in [2.05, 4.69) is 31.2 Å². The standard InChI is InChI=1S/C39H54N8O10/c1-38(2,3)56-35(54)30(18-22-13-15-24(48)16-14-22)46-34(53)29(20-31(49)50)45-32(51)27(12-9-17-42-36(40)41)44-33(52)28(47-37(55)57-39(4,5)6)19-23-21-43-26-11-8-7-10-25(23)26/h7-8,10-11,13-16,21,27-30,43,48H,9,12,17-20H2,1-6H3,(H,44,52)(H,45,51)(H,46,53)(H,47,55)(H,49,50)(H4,40,41,42)/t27-,28-,29-,30-/m0/s1. The molecule has 0 bridgehead atoms. The Bertz CT molecular complexity index is 1910. The number of amides is 4. The maximum absolute atomic E-state index is 14.0. The number of hydrogen-bond donors (Lipinski definition) is 9. The van der Waals surface area contributed by atoms with E-state index in [1.54, 1.807) is 47.7 Å². The summed E-state index contributed by atoms with van der Waals surface area (Å²) in [6.07, 6.45) is -0.121. The fourth-order valence-corrected chi connectivity index (χ4v) is 5.59. The number of aromatic amines is 1. The first kappa shape index (κ1) is 45.1. The van der Waals surface area contributed by atoms with Gasteiger partial charge in [0.1, 0.15) is 41.1 Å². The van der Waals surface area contributed by atoms with Gasteiger partial charge in [-0.2, -0.15) is 0 Å². The van der Waals surface area contributed by atoms with Gasteiger partial charge in [-0.3, -0.25) is 24.2 Å². The Balaban J connectivity index is 1.91. The smallest absolute Gasteiger partial charge is 0.408 e. The number of esters is 1. The van der Waals surface area contributed by atoms with Crippen LogP contribution >= 0.6 is 0 Å². The highest BCUT2D eigenvalue weighted by molar-refractivity contribution is 5.96. The molecule has 0 fully saturated rings. The molecule has 0 aliphatic heterocycles. The third kappa shape index (κ3) is 15.7. The number of carboxylic acid groups (broad SMARTS) is 1. The van der Waals surface area contributed by atoms with Crippen LogP contribution in [0, 0.1) is 0 Å². The van der Waals surface area contributed by atoms with Gasteiger partial charge < -0.3 is 57.4 Å². The van der Waals surface area contributed by atoms with E-state index in [0.717, 1.165) is 10.9 Å². The molecule has 0 saturated heterocycles. The van der Waals surface area contributed by atoms with E-state index in [4.69, 9.17) is 20.9 Å². The van der Waals surface area contributed by atoms with Crippen molar-refractivity contribution >= 4 is 52.6 Å². The number of aromatic nitrogens is 1. The number of para-hydroxylation sites is 1. The number of aliphatic carboxylic acids is 1. The van der Waals surface area contributed by atoms with Gasteiger partial charge in [0.2, 0.25) is 17.7 Å². The van der Waals surface area contributed by atoms with E-state index in [1.807, 2.05) is 24.3 Å². The van der Waals surface area contributed by atoms with Crippen molar-refractivity contribution in [2.45, 2.75) is 109 Å². The minimum Gasteiger partial charge on any atom is -0.508 e. The fraction of sp³-hybridized carbons (Fsp3) is 0.462. The number of nitrogens with zero attached hydrogens (tertiary/aromatic N) is 1. The summed E-state index contributed by atoms with van der Waals surface area (Å²) in [7, 11) is 0. The number of nitrogens with two attached hydrogens (primary N) is 2. The number of carboxylic acids is 1. The first-order valence-electron chi connectivity index (χ1n) is 18.3. The molecule has 1 aromatic heterocycles. The van der Waals surface area contributed by atoms with Crippen molar-refractivity contribution in [2.75, 3.05) is 6.54 Å². The number of hydrogen-bond acceptors (Lipinski definition) is 10. The Labute approximate surface area is 330 Å². The van der Waals surface area contributed by atoms with E-state index in [-0.39, 0.29) is 43.9 Å². The maximum atomic E-state index is 14.0. The highest BCUT2D eigenvalue weighted by atomic mass is 16.6. The number of alkyl carbamates (subject to hydrolysis) is 1. The van der Waals surface area contributed by atoms with Crippen molar-refractivity contribution in [3.05, 3.63) is 65.9 Å². The van der Waals surface area contributed by atoms with Crippen LogP contribution < -0.4 is 32.7 Å². The van der Waals surface area contributed by atoms with E-state index >= 15 is 0 Å². The summed E-state index contributed by atoms with van der Waals surface area (Å²) in [5, 5.41) is 30.4. The molecule has 3 rings (SSSR count). The lowest BCUT2D eigenvalue weighted by atomic mass is 10.0. The molecule has 4 amide bonds. The van der Waals surface area contributed by atoms with E-state index in [0.29, 0.717) is 11.1 Å². The summed E-state index contributed by atoms with van der Waals surface area (Å²) in [5.41, 5.74) is 11.1. The Hall–Kier alpha value is -6.33. The number of ether oxygens (including phenoxy) is 2. The minimum absolute atomic E-state index is 0.0193. The van der Waals surface area contributed by atoms with Crippen molar-refractivity contribution in [1.29, 1.82) is 0 Å². The van der Waals surface area contributed by atoms with Crippen molar-refractivity contribution < 1.29 is 48.5 Å². The van der Waals surface area contributed by atoms with Gasteiger partial charge in [0.05, 0.1) is 6.42 Å². The predicted octanol–water partition coefficient (Wildman–Crippen LogP) is 1.88. The van der Waals surface area contributed by atoms with Gasteiger partial charge in [-0.15, -0.1) is 0 Å². The molecule has 0 spiro atoms. The van der Waals surface area contributed by atoms with Crippen molar-refractivity contribution in [2.24, 2.45) is 16.5 Å². The number of aromatic hydroxyl groups is 1. The van der Waals surface area contributed by atoms with Crippen LogP contribution in [-0.4, -0.2) is 98.8 Å². The summed E-state index contributed by atoms with van der Waals surface area (Å²) in [6.45, 7) is 9.93. The van der Waals surface area contributed by atoms with Crippen LogP contribution in [0.15, 0.2) is 59.7 Å². The molecule has 0 unspecified atom stereocenters. The SMILES string of the molecule is CC(C)(C)OC(=O)N[C@@H](Cc1c[nH]c2ccccc12)C(=O)N[C@@H](CCCN=C(N)N)C(=O)N[C@@H](CC(=O)O)C(=O)N[C@@H](Cc1ccc(O)cc1)C(=O)OC(C)(C)C. The number of nitrogens with one attached hydrogen (secondary N) is 5. The second-order valence-electron chi connectivity index (χ2n) is 15.4. The summed E-state index contributed by atoms with van der Waals surface area (Å²) in [5.74, 6) is -5.24. The van der Waals surface area contributed by atoms with Crippen LogP contribution in [0.2, 0.25) is 0 Å². The number of phenolic OH excluding ortho intramolecular Hbond substituents is 1. The molecule has 0 aliphatic carbocycles. The zero-order valence-electron chi connectivity index (χ0n) is 33.0. The Morgan fingerprint density at radius 2 is 1.33 bits per heavy atom. The third-order valence-electron chi connectivity index (χ3n) is 8.08. The van der Waals surface area contributed by atoms with Crippen molar-refractivity contribution in [3.63, 3.8) is 0 Å². The van der Waals surface area contributed by atoms with Gasteiger partial charge in [0.15, 0.2) is 5.96 Å². The summed E-state index contributed by atoms with van der Waals surface area (Å²) < 4.78 is 10.9. The van der Waals surface area contributed by atoms with Crippen LogP contribution in [-0.2, 0) is 46.3 Å². The summed E-state index contributed by atoms with van der Waals surface area (Å²) in [4.78, 5) is 86.9. The normalized spacial score (nSPS) is 13.6. The highest BCUT2D eigenvalue weighted by Crippen LogP contribution is 2.20. The second kappa shape index (κ2) is 20.0. The number of carbonyl (C=O) groups is 6. The molecule has 4 atom stereocenters. The van der Waals surface area contributed by atoms with E-state index in [9.17, 15) is 39.0 Å². The lowest BCUT2D eigenvalue weighted by molar-refractivity contribution is -0.158. The zero-order chi connectivity index (χ0) is 42.5. The average Bonchev–Trinajstić information content (AvgIpc) is 3.50. The molecule has 310 valence electrons. The molecule has 0 aliphatic rings. The van der Waals surface area contributed by atoms with Crippen LogP contribution in [0.5, 0.6) is 5.75 Å². The van der Waals surface area contributed by atoms with Gasteiger partial charge in [-0.25, -0.2) is 9.59 Å². The van der Waals surface area contributed by atoms with Crippen molar-refractivity contribution in [3.8, 4) is 5.75 Å². The number of fused-ring (bicyclic) bond motifs is 1. The molecule has 3 aromatic rings. The Morgan fingerprint density at radius 1 is 0.754 bits per heavy atom. The molecular formula is C39H54N8O10. The second-order valence-corrected chi connectivity index (χ2v) is 15.4. The molecule has 1 heterocycles. The van der Waals surface area contributed by atoms with Crippen LogP contribution in [0.4, 0.5) is 4.79 Å². The quantitative estimate of drug-likeness (QED) is 0.0386. The molecule has 2 aromatic carbocycles. The zero-order valence-corrected chi connectivity index (χ0v) is 33.0. The average molecular weight is 795 g/mol. The Morgan fingerprint density at radius 3 is 1.95 bits per heavy atom. The number of rotatable bonds is 18. The lowest BCUT2D eigenvalue weighted by Gasteiger charge is -2.27. The predicted molar refractivity (Wildman–Crippen MR) is 211 cm³/mol. The number of H-pyrrole nitrogens is 1. The lowest BCUT2D eigenvalue weighted by Crippen LogP contribution is -2.58. The first-order chi connectivity index (χ1) is 26.6. The number of carbonyl (C=O) groups excluding carboxylic acids is 5. The van der Waals surface area contributed by atoms with E-state index < -0.39 is 77.5 Å². The molecule has 18 nitrogen and oxygen atoms in total. The number of phenols is 1. The van der Waals surface area contributed by atoms with Gasteiger partial charge >= 0.3 is 18.0 Å². The van der Waals surface area contributed by atoms with Gasteiger partial charge in [0, 0.05) is 36.5 Å². The topological polar surface area (TPSA) is 290 Å². The molecule has 11 N–H and O–H groups in total. The monoisotopic (exact) mass is 794 g/mol.